The van der Waals surface area contributed by atoms with Gasteiger partial charge < -0.3 is 5.73 Å². The normalized spacial score (nSPS) is 17.7. The van der Waals surface area contributed by atoms with Crippen LogP contribution in [0.5, 0.6) is 0 Å². The summed E-state index contributed by atoms with van der Waals surface area (Å²) in [6.45, 7) is 1.66. The Morgan fingerprint density at radius 1 is 1.15 bits per heavy atom. The molecule has 1 fully saturated rings. The molecule has 172 valence electrons. The first-order chi connectivity index (χ1) is 15.7. The lowest BCUT2D eigenvalue weighted by molar-refractivity contribution is -0.121. The number of sulfonamides is 1. The molecule has 2 aliphatic carbocycles. The third-order valence-electron chi connectivity index (χ3n) is 6.06. The average molecular weight is 484 g/mol. The number of hydrogen-bond acceptors (Lipinski definition) is 7. The molecule has 2 heterocycles. The van der Waals surface area contributed by atoms with E-state index in [0.29, 0.717) is 29.5 Å². The van der Waals surface area contributed by atoms with E-state index < -0.39 is 10.0 Å². The molecule has 1 amide bonds. The second kappa shape index (κ2) is 8.19. The Morgan fingerprint density at radius 3 is 2.64 bits per heavy atom. The maximum Gasteiger partial charge on any atom is 0.252 e. The largest absolute Gasteiger partial charge is 0.384 e. The maximum atomic E-state index is 13.3. The molecule has 1 saturated carbocycles. The van der Waals surface area contributed by atoms with Crippen molar-refractivity contribution in [2.24, 2.45) is 5.92 Å². The summed E-state index contributed by atoms with van der Waals surface area (Å²) in [5, 5.41) is 0.397. The van der Waals surface area contributed by atoms with Crippen molar-refractivity contribution in [1.82, 2.24) is 14.7 Å². The zero-order valence-corrected chi connectivity index (χ0v) is 20.0. The molecule has 2 aliphatic rings. The Kier molecular flexibility index (Phi) is 5.46. The van der Waals surface area contributed by atoms with Crippen molar-refractivity contribution in [1.29, 1.82) is 0 Å². The lowest BCUT2D eigenvalue weighted by Gasteiger charge is -2.18. The zero-order chi connectivity index (χ0) is 23.3. The van der Waals surface area contributed by atoms with Gasteiger partial charge in [-0.25, -0.2) is 23.1 Å². The summed E-state index contributed by atoms with van der Waals surface area (Å²) in [7, 11) is -1.95. The fraction of sp³-hybridized carbons (Fsp3) is 0.348. The first-order valence-electron chi connectivity index (χ1n) is 10.8. The summed E-state index contributed by atoms with van der Waals surface area (Å²) in [6.07, 6.45) is 2.98. The summed E-state index contributed by atoms with van der Waals surface area (Å²) in [5.41, 5.74) is 10.3. The van der Waals surface area contributed by atoms with Crippen LogP contribution in [0.4, 0.5) is 10.9 Å². The van der Waals surface area contributed by atoms with Gasteiger partial charge in [0.2, 0.25) is 5.91 Å². The molecule has 0 saturated heterocycles. The fourth-order valence-corrected chi connectivity index (χ4v) is 6.96. The number of pyridine rings is 1. The van der Waals surface area contributed by atoms with Crippen LogP contribution in [-0.2, 0) is 27.7 Å². The predicted octanol–water partition coefficient (Wildman–Crippen LogP) is 2.91. The highest BCUT2D eigenvalue weighted by atomic mass is 32.2. The van der Waals surface area contributed by atoms with Crippen LogP contribution in [0.2, 0.25) is 0 Å². The molecule has 0 radical (unpaired) electrons. The molecule has 10 heteroatoms. The van der Waals surface area contributed by atoms with Crippen molar-refractivity contribution in [3.63, 3.8) is 0 Å². The summed E-state index contributed by atoms with van der Waals surface area (Å²) < 4.78 is 28.1. The molecule has 8 nitrogen and oxygen atoms in total. The molecule has 3 N–H and O–H groups in total. The number of aromatic nitrogens is 2. The molecule has 3 aromatic rings. The van der Waals surface area contributed by atoms with Gasteiger partial charge in [-0.15, -0.1) is 0 Å². The topological polar surface area (TPSA) is 118 Å². The molecule has 0 bridgehead atoms. The summed E-state index contributed by atoms with van der Waals surface area (Å²) in [6, 6.07) is 11.7. The van der Waals surface area contributed by atoms with Gasteiger partial charge in [0.1, 0.15) is 5.82 Å². The molecule has 5 rings (SSSR count). The van der Waals surface area contributed by atoms with Crippen LogP contribution < -0.4 is 15.4 Å². The van der Waals surface area contributed by atoms with E-state index in [4.69, 9.17) is 5.73 Å². The minimum Gasteiger partial charge on any atom is -0.384 e. The van der Waals surface area contributed by atoms with Crippen LogP contribution >= 0.6 is 11.3 Å². The van der Waals surface area contributed by atoms with Gasteiger partial charge >= 0.3 is 0 Å². The van der Waals surface area contributed by atoms with Crippen LogP contribution in [0, 0.1) is 12.8 Å². The second-order valence-electron chi connectivity index (χ2n) is 8.70. The number of aryl methyl sites for hydroxylation is 1. The summed E-state index contributed by atoms with van der Waals surface area (Å²) >= 11 is 1.04. The smallest absolute Gasteiger partial charge is 0.252 e. The van der Waals surface area contributed by atoms with Crippen molar-refractivity contribution in [2.75, 3.05) is 17.7 Å². The molecule has 2 aromatic heterocycles. The van der Waals surface area contributed by atoms with Crippen LogP contribution in [0.25, 0.3) is 11.3 Å². The van der Waals surface area contributed by atoms with Crippen molar-refractivity contribution in [3.05, 3.63) is 53.2 Å². The number of carbonyl (C=O) groups excluding carboxylic acids is 1. The van der Waals surface area contributed by atoms with Gasteiger partial charge in [0.25, 0.3) is 10.0 Å². The van der Waals surface area contributed by atoms with E-state index >= 15 is 0 Å². The lowest BCUT2D eigenvalue weighted by atomic mass is 10.0. The van der Waals surface area contributed by atoms with Gasteiger partial charge in [-0.05, 0) is 61.9 Å². The van der Waals surface area contributed by atoms with E-state index in [1.54, 1.807) is 20.0 Å². The van der Waals surface area contributed by atoms with Crippen LogP contribution in [0.1, 0.15) is 29.7 Å². The minimum absolute atomic E-state index is 0.0173. The van der Waals surface area contributed by atoms with Crippen LogP contribution in [-0.4, -0.2) is 37.4 Å². The summed E-state index contributed by atoms with van der Waals surface area (Å²) in [5.74, 6) is 0.181. The van der Waals surface area contributed by atoms with E-state index in [9.17, 15) is 13.2 Å². The average Bonchev–Trinajstić information content (AvgIpc) is 3.32. The van der Waals surface area contributed by atoms with Crippen molar-refractivity contribution in [2.45, 2.75) is 42.9 Å². The van der Waals surface area contributed by atoms with E-state index in [1.807, 2.05) is 24.3 Å². The van der Waals surface area contributed by atoms with E-state index in [-0.39, 0.29) is 22.1 Å². The Balaban J connectivity index is 1.33. The zero-order valence-electron chi connectivity index (χ0n) is 18.4. The highest BCUT2D eigenvalue weighted by Gasteiger charge is 2.34. The highest BCUT2D eigenvalue weighted by molar-refractivity contribution is 7.91. The Bertz CT molecular complexity index is 1350. The van der Waals surface area contributed by atoms with E-state index in [1.165, 1.54) is 4.90 Å². The number of fused-ring (bicyclic) bond motifs is 1. The van der Waals surface area contributed by atoms with Crippen molar-refractivity contribution in [3.8, 4) is 11.3 Å². The summed E-state index contributed by atoms with van der Waals surface area (Å²) in [4.78, 5) is 23.5. The Hall–Kier alpha value is -2.82. The molecule has 0 unspecified atom stereocenters. The number of carbonyl (C=O) groups is 1. The number of anilines is 2. The number of rotatable bonds is 6. The standard InChI is InChI=1S/C23H25N5O3S2/c1-13-22(33(30,31)27-18-8-9-18)32-23(25-13)28(2)21(29)17-10-14-6-7-15(11-16(14)12-17)19-4-3-5-20(24)26-19/h3-7,11,17-18,27H,8-10,12H2,1-2H3,(H2,24,26)/t17-/m0/s1. The first-order valence-corrected chi connectivity index (χ1v) is 13.1. The van der Waals surface area contributed by atoms with Gasteiger partial charge in [0, 0.05) is 24.6 Å². The lowest BCUT2D eigenvalue weighted by Crippen LogP contribution is -2.33. The molecule has 0 aliphatic heterocycles. The number of thiazole rings is 1. The molecule has 1 aromatic carbocycles. The van der Waals surface area contributed by atoms with Gasteiger partial charge in [-0.3, -0.25) is 9.69 Å². The van der Waals surface area contributed by atoms with Crippen molar-refractivity contribution >= 4 is 38.2 Å². The van der Waals surface area contributed by atoms with Crippen molar-refractivity contribution < 1.29 is 13.2 Å². The Morgan fingerprint density at radius 2 is 1.91 bits per heavy atom. The van der Waals surface area contributed by atoms with E-state index in [2.05, 4.69) is 20.8 Å². The molecule has 1 atom stereocenters. The quantitative estimate of drug-likeness (QED) is 0.557. The number of amides is 1. The van der Waals surface area contributed by atoms with Gasteiger partial charge in [0.05, 0.1) is 11.4 Å². The number of nitrogen functional groups attached to an aromatic ring is 1. The number of nitrogens with one attached hydrogen (secondary N) is 1. The Labute approximate surface area is 196 Å². The minimum atomic E-state index is -3.61. The fourth-order valence-electron chi connectivity index (χ4n) is 4.17. The van der Waals surface area contributed by atoms with Gasteiger partial charge in [-0.2, -0.15) is 0 Å². The molecule has 33 heavy (non-hydrogen) atoms. The molecular weight excluding hydrogens is 458 g/mol. The van der Waals surface area contributed by atoms with Crippen LogP contribution in [0.15, 0.2) is 40.6 Å². The third kappa shape index (κ3) is 4.38. The van der Waals surface area contributed by atoms with E-state index in [0.717, 1.165) is 46.6 Å². The number of hydrogen-bond donors (Lipinski definition) is 2. The number of nitrogens with two attached hydrogens (primary N) is 1. The predicted molar refractivity (Wildman–Crippen MR) is 129 cm³/mol. The molecular formula is C23H25N5O3S2. The monoisotopic (exact) mass is 483 g/mol. The maximum absolute atomic E-state index is 13.3. The van der Waals surface area contributed by atoms with Crippen LogP contribution in [0.3, 0.4) is 0 Å². The highest BCUT2D eigenvalue weighted by Crippen LogP contribution is 2.35. The third-order valence-corrected chi connectivity index (χ3v) is 9.42. The first kappa shape index (κ1) is 22.0. The SMILES string of the molecule is Cc1nc(N(C)C(=O)[C@H]2Cc3ccc(-c4cccc(N)n4)cc3C2)sc1S(=O)(=O)NC1CC1. The number of benzene rings is 1. The second-order valence-corrected chi connectivity index (χ2v) is 11.6. The van der Waals surface area contributed by atoms with Gasteiger partial charge in [0.15, 0.2) is 9.34 Å². The van der Waals surface area contributed by atoms with Gasteiger partial charge in [-0.1, -0.05) is 29.5 Å². The number of nitrogens with zero attached hydrogens (tertiary/aromatic N) is 3. The molecule has 0 spiro atoms.